The fraction of sp³-hybridized carbons (Fsp3) is 0.667. The first-order valence-corrected chi connectivity index (χ1v) is 10.3. The van der Waals surface area contributed by atoms with Crippen molar-refractivity contribution in [2.24, 2.45) is 11.8 Å². The van der Waals surface area contributed by atoms with Crippen molar-refractivity contribution < 1.29 is 13.2 Å². The maximum absolute atomic E-state index is 12.6. The summed E-state index contributed by atoms with van der Waals surface area (Å²) in [4.78, 5) is 2.85. The maximum Gasteiger partial charge on any atom is 0.243 e. The van der Waals surface area contributed by atoms with E-state index in [2.05, 4.69) is 18.7 Å². The first-order valence-electron chi connectivity index (χ1n) is 8.86. The smallest absolute Gasteiger partial charge is 0.243 e. The zero-order valence-corrected chi connectivity index (χ0v) is 15.5. The summed E-state index contributed by atoms with van der Waals surface area (Å²) in [7, 11) is -3.39. The van der Waals surface area contributed by atoms with Gasteiger partial charge in [0.05, 0.1) is 18.1 Å². The Morgan fingerprint density at radius 2 is 1.79 bits per heavy atom. The van der Waals surface area contributed by atoms with Crippen LogP contribution >= 0.6 is 0 Å². The van der Waals surface area contributed by atoms with E-state index in [1.165, 1.54) is 16.3 Å². The van der Waals surface area contributed by atoms with Crippen LogP contribution in [0.4, 0.5) is 0 Å². The number of hydrogen-bond donors (Lipinski definition) is 0. The maximum atomic E-state index is 12.6. The highest BCUT2D eigenvalue weighted by atomic mass is 32.2. The highest BCUT2D eigenvalue weighted by Gasteiger charge is 2.27. The summed E-state index contributed by atoms with van der Waals surface area (Å²) >= 11 is 0. The van der Waals surface area contributed by atoms with Gasteiger partial charge >= 0.3 is 0 Å². The Morgan fingerprint density at radius 3 is 2.38 bits per heavy atom. The minimum atomic E-state index is -3.39. The average molecular weight is 353 g/mol. The van der Waals surface area contributed by atoms with Gasteiger partial charge in [0.2, 0.25) is 10.0 Å². The molecule has 0 saturated carbocycles. The molecule has 2 fully saturated rings. The summed E-state index contributed by atoms with van der Waals surface area (Å²) in [5.74, 6) is 1.52. The zero-order chi connectivity index (χ0) is 17.2. The zero-order valence-electron chi connectivity index (χ0n) is 14.6. The van der Waals surface area contributed by atoms with Crippen molar-refractivity contribution >= 4 is 10.0 Å². The van der Waals surface area contributed by atoms with Crippen LogP contribution in [0.1, 0.15) is 25.8 Å². The molecule has 1 aromatic carbocycles. The molecule has 5 nitrogen and oxygen atoms in total. The van der Waals surface area contributed by atoms with Crippen molar-refractivity contribution in [2.75, 3.05) is 39.4 Å². The third-order valence-corrected chi connectivity index (χ3v) is 7.10. The van der Waals surface area contributed by atoms with E-state index in [0.717, 1.165) is 31.5 Å². The second-order valence-electron chi connectivity index (χ2n) is 7.19. The molecule has 0 amide bonds. The van der Waals surface area contributed by atoms with Crippen molar-refractivity contribution in [3.63, 3.8) is 0 Å². The molecule has 1 unspecified atom stereocenters. The summed E-state index contributed by atoms with van der Waals surface area (Å²) in [6, 6.07) is 7.40. The standard InChI is InChI=1S/C18H28N2O3S/c1-15(2)17-7-8-19(14-17)13-16-3-5-18(6-4-16)24(21,22)20-9-11-23-12-10-20/h3-6,15,17H,7-14H2,1-2H3. The summed E-state index contributed by atoms with van der Waals surface area (Å²) < 4.78 is 32.0. The van der Waals surface area contributed by atoms with Gasteiger partial charge in [-0.15, -0.1) is 0 Å². The second-order valence-corrected chi connectivity index (χ2v) is 9.13. The van der Waals surface area contributed by atoms with Crippen LogP contribution in [0.25, 0.3) is 0 Å². The number of nitrogens with zero attached hydrogens (tertiary/aromatic N) is 2. The Bertz CT molecular complexity index is 637. The van der Waals surface area contributed by atoms with E-state index < -0.39 is 10.0 Å². The Kier molecular flexibility index (Phi) is 5.59. The van der Waals surface area contributed by atoms with E-state index in [4.69, 9.17) is 4.74 Å². The monoisotopic (exact) mass is 352 g/mol. The van der Waals surface area contributed by atoms with E-state index in [1.54, 1.807) is 12.1 Å². The SMILES string of the molecule is CC(C)C1CCN(Cc2ccc(S(=O)(=O)N3CCOCC3)cc2)C1. The fourth-order valence-electron chi connectivity index (χ4n) is 3.51. The van der Waals surface area contributed by atoms with E-state index in [1.807, 2.05) is 12.1 Å². The van der Waals surface area contributed by atoms with Gasteiger partial charge in [-0.3, -0.25) is 4.90 Å². The highest BCUT2D eigenvalue weighted by molar-refractivity contribution is 7.89. The highest BCUT2D eigenvalue weighted by Crippen LogP contribution is 2.25. The van der Waals surface area contributed by atoms with Crippen LogP contribution in [0.2, 0.25) is 0 Å². The van der Waals surface area contributed by atoms with Gasteiger partial charge < -0.3 is 4.74 Å². The molecule has 0 N–H and O–H groups in total. The number of morpholine rings is 1. The van der Waals surface area contributed by atoms with Gasteiger partial charge in [-0.25, -0.2) is 8.42 Å². The van der Waals surface area contributed by atoms with Gasteiger partial charge in [0.15, 0.2) is 0 Å². The minimum Gasteiger partial charge on any atom is -0.379 e. The quantitative estimate of drug-likeness (QED) is 0.815. The van der Waals surface area contributed by atoms with E-state index in [-0.39, 0.29) is 0 Å². The van der Waals surface area contributed by atoms with Gasteiger partial charge in [0.25, 0.3) is 0 Å². The average Bonchev–Trinajstić information content (AvgIpc) is 3.05. The number of likely N-dealkylation sites (tertiary alicyclic amines) is 1. The van der Waals surface area contributed by atoms with E-state index in [9.17, 15) is 8.42 Å². The van der Waals surface area contributed by atoms with Gasteiger partial charge in [0, 0.05) is 26.2 Å². The normalized spacial score (nSPS) is 23.9. The molecule has 0 bridgehead atoms. The molecule has 1 aromatic rings. The van der Waals surface area contributed by atoms with Crippen LogP contribution in [-0.2, 0) is 21.3 Å². The molecule has 0 aliphatic carbocycles. The van der Waals surface area contributed by atoms with Crippen molar-refractivity contribution in [1.29, 1.82) is 0 Å². The topological polar surface area (TPSA) is 49.9 Å². The summed E-state index contributed by atoms with van der Waals surface area (Å²) in [6.45, 7) is 9.59. The molecule has 3 rings (SSSR count). The number of hydrogen-bond acceptors (Lipinski definition) is 4. The summed E-state index contributed by atoms with van der Waals surface area (Å²) in [6.07, 6.45) is 1.27. The van der Waals surface area contributed by atoms with Crippen molar-refractivity contribution in [1.82, 2.24) is 9.21 Å². The first kappa shape index (κ1) is 17.9. The van der Waals surface area contributed by atoms with Gasteiger partial charge in [0.1, 0.15) is 0 Å². The molecule has 6 heteroatoms. The molecule has 0 aromatic heterocycles. The second kappa shape index (κ2) is 7.52. The molecule has 24 heavy (non-hydrogen) atoms. The lowest BCUT2D eigenvalue weighted by molar-refractivity contribution is 0.0730. The number of ether oxygens (including phenoxy) is 1. The lowest BCUT2D eigenvalue weighted by atomic mass is 9.95. The molecule has 134 valence electrons. The Balaban J connectivity index is 1.63. The summed E-state index contributed by atoms with van der Waals surface area (Å²) in [5.41, 5.74) is 1.18. The third kappa shape index (κ3) is 3.99. The van der Waals surface area contributed by atoms with Crippen LogP contribution in [0.15, 0.2) is 29.2 Å². The van der Waals surface area contributed by atoms with Crippen molar-refractivity contribution in [2.45, 2.75) is 31.7 Å². The Hall–Kier alpha value is -0.950. The summed E-state index contributed by atoms with van der Waals surface area (Å²) in [5, 5.41) is 0. The molecule has 2 aliphatic rings. The van der Waals surface area contributed by atoms with Gasteiger partial charge in [-0.05, 0) is 42.5 Å². The van der Waals surface area contributed by atoms with Gasteiger partial charge in [-0.1, -0.05) is 26.0 Å². The van der Waals surface area contributed by atoms with Crippen LogP contribution < -0.4 is 0 Å². The van der Waals surface area contributed by atoms with Crippen molar-refractivity contribution in [3.05, 3.63) is 29.8 Å². The van der Waals surface area contributed by atoms with Crippen LogP contribution in [0.5, 0.6) is 0 Å². The van der Waals surface area contributed by atoms with Gasteiger partial charge in [-0.2, -0.15) is 4.31 Å². The molecule has 2 saturated heterocycles. The number of rotatable bonds is 5. The lowest BCUT2D eigenvalue weighted by Gasteiger charge is -2.26. The molecule has 0 spiro atoms. The van der Waals surface area contributed by atoms with E-state index in [0.29, 0.717) is 31.2 Å². The van der Waals surface area contributed by atoms with Crippen LogP contribution in [-0.4, -0.2) is 57.0 Å². The predicted molar refractivity (Wildman–Crippen MR) is 94.2 cm³/mol. The molecular formula is C18H28N2O3S. The first-order chi connectivity index (χ1) is 11.5. The number of benzene rings is 1. The Labute approximate surface area is 145 Å². The molecule has 2 heterocycles. The molecule has 2 aliphatic heterocycles. The largest absolute Gasteiger partial charge is 0.379 e. The van der Waals surface area contributed by atoms with Crippen LogP contribution in [0.3, 0.4) is 0 Å². The van der Waals surface area contributed by atoms with Crippen molar-refractivity contribution in [3.8, 4) is 0 Å². The minimum absolute atomic E-state index is 0.384. The molecule has 1 atom stereocenters. The number of sulfonamides is 1. The van der Waals surface area contributed by atoms with Crippen LogP contribution in [0, 0.1) is 11.8 Å². The third-order valence-electron chi connectivity index (χ3n) is 5.19. The lowest BCUT2D eigenvalue weighted by Crippen LogP contribution is -2.40. The Morgan fingerprint density at radius 1 is 1.12 bits per heavy atom. The fourth-order valence-corrected chi connectivity index (χ4v) is 4.92. The predicted octanol–water partition coefficient (Wildman–Crippen LogP) is 2.19. The molecule has 0 radical (unpaired) electrons. The molecular weight excluding hydrogens is 324 g/mol. The van der Waals surface area contributed by atoms with E-state index >= 15 is 0 Å².